The summed E-state index contributed by atoms with van der Waals surface area (Å²) >= 11 is 1.62. The minimum atomic E-state index is -2.44. The number of alkyl halides is 2. The molecular weight excluding hydrogens is 278 g/mol. The Hall–Kier alpha value is -1.33. The van der Waals surface area contributed by atoms with Gasteiger partial charge in [-0.15, -0.1) is 11.3 Å². The van der Waals surface area contributed by atoms with Crippen LogP contribution in [0.2, 0.25) is 0 Å². The van der Waals surface area contributed by atoms with Crippen LogP contribution in [0.1, 0.15) is 41.4 Å². The fourth-order valence-electron chi connectivity index (χ4n) is 2.63. The van der Waals surface area contributed by atoms with Crippen molar-refractivity contribution in [3.05, 3.63) is 40.4 Å². The summed E-state index contributed by atoms with van der Waals surface area (Å²) in [5.74, 6) is 0. The Balaban J connectivity index is 1.99. The second-order valence-corrected chi connectivity index (χ2v) is 6.02. The van der Waals surface area contributed by atoms with Crippen molar-refractivity contribution < 1.29 is 8.78 Å². The van der Waals surface area contributed by atoms with E-state index in [4.69, 9.17) is 0 Å². The number of halogens is 2. The third-order valence-corrected chi connectivity index (χ3v) is 4.94. The van der Waals surface area contributed by atoms with Crippen LogP contribution in [0.5, 0.6) is 0 Å². The van der Waals surface area contributed by atoms with Gasteiger partial charge in [-0.05, 0) is 32.4 Å². The molecule has 0 saturated heterocycles. The van der Waals surface area contributed by atoms with E-state index in [0.717, 1.165) is 35.5 Å². The first-order valence-electron chi connectivity index (χ1n) is 6.74. The van der Waals surface area contributed by atoms with Crippen LogP contribution >= 0.6 is 11.3 Å². The van der Waals surface area contributed by atoms with Crippen molar-refractivity contribution >= 4 is 11.3 Å². The van der Waals surface area contributed by atoms with E-state index in [-0.39, 0.29) is 5.56 Å². The molecule has 0 fully saturated rings. The molecule has 1 unspecified atom stereocenters. The molecule has 1 aliphatic carbocycles. The summed E-state index contributed by atoms with van der Waals surface area (Å²) in [6.45, 7) is 0. The molecule has 0 aliphatic heterocycles. The number of benzene rings is 1. The van der Waals surface area contributed by atoms with Crippen molar-refractivity contribution in [2.24, 2.45) is 0 Å². The smallest absolute Gasteiger partial charge is 0.263 e. The molecule has 1 aliphatic rings. The first kappa shape index (κ1) is 13.6. The summed E-state index contributed by atoms with van der Waals surface area (Å²) in [6, 6.07) is 6.88. The summed E-state index contributed by atoms with van der Waals surface area (Å²) in [5, 5.41) is 4.15. The molecule has 0 spiro atoms. The monoisotopic (exact) mass is 294 g/mol. The van der Waals surface area contributed by atoms with Gasteiger partial charge in [0.05, 0.1) is 5.69 Å². The third kappa shape index (κ3) is 2.47. The fraction of sp³-hybridized carbons (Fsp3) is 0.400. The Labute approximate surface area is 120 Å². The van der Waals surface area contributed by atoms with Crippen LogP contribution in [0, 0.1) is 0 Å². The van der Waals surface area contributed by atoms with Crippen LogP contribution in [-0.2, 0) is 6.42 Å². The van der Waals surface area contributed by atoms with Crippen LogP contribution in [0.25, 0.3) is 10.6 Å². The number of hydrogen-bond donors (Lipinski definition) is 1. The van der Waals surface area contributed by atoms with Gasteiger partial charge >= 0.3 is 0 Å². The van der Waals surface area contributed by atoms with Crippen molar-refractivity contribution in [3.8, 4) is 10.6 Å². The maximum absolute atomic E-state index is 12.8. The van der Waals surface area contributed by atoms with Crippen LogP contribution in [0.3, 0.4) is 0 Å². The molecule has 5 heteroatoms. The molecule has 1 atom stereocenters. The Kier molecular flexibility index (Phi) is 3.81. The molecule has 0 radical (unpaired) electrons. The summed E-state index contributed by atoms with van der Waals surface area (Å²) in [6.07, 6.45) is 0.786. The molecule has 1 aromatic heterocycles. The number of fused-ring (bicyclic) bond motifs is 1. The summed E-state index contributed by atoms with van der Waals surface area (Å²) < 4.78 is 25.6. The number of rotatable bonds is 3. The molecule has 2 nitrogen and oxygen atoms in total. The van der Waals surface area contributed by atoms with E-state index in [1.165, 1.54) is 10.9 Å². The zero-order valence-corrected chi connectivity index (χ0v) is 12.0. The van der Waals surface area contributed by atoms with Gasteiger partial charge in [-0.25, -0.2) is 13.8 Å². The zero-order chi connectivity index (χ0) is 14.1. The van der Waals surface area contributed by atoms with Gasteiger partial charge in [0.1, 0.15) is 5.01 Å². The number of aromatic nitrogens is 1. The summed E-state index contributed by atoms with van der Waals surface area (Å²) in [7, 11) is 1.95. The highest BCUT2D eigenvalue weighted by Crippen LogP contribution is 2.38. The molecule has 0 amide bonds. The molecule has 20 heavy (non-hydrogen) atoms. The van der Waals surface area contributed by atoms with Gasteiger partial charge < -0.3 is 5.32 Å². The zero-order valence-electron chi connectivity index (χ0n) is 11.2. The molecule has 106 valence electrons. The maximum atomic E-state index is 12.8. The lowest BCUT2D eigenvalue weighted by Gasteiger charge is -2.19. The SMILES string of the molecule is CNC1CCCc2nc(-c3cccc(C(F)F)c3)sc21. The minimum absolute atomic E-state index is 0.0563. The number of nitrogens with zero attached hydrogens (tertiary/aromatic N) is 1. The van der Waals surface area contributed by atoms with Crippen LogP contribution < -0.4 is 5.32 Å². The predicted octanol–water partition coefficient (Wildman–Crippen LogP) is 4.34. The second kappa shape index (κ2) is 5.58. The Bertz CT molecular complexity index is 610. The van der Waals surface area contributed by atoms with Crippen LogP contribution in [-0.4, -0.2) is 12.0 Å². The van der Waals surface area contributed by atoms with Crippen molar-refractivity contribution in [1.82, 2.24) is 10.3 Å². The summed E-state index contributed by atoms with van der Waals surface area (Å²) in [4.78, 5) is 5.91. The normalized spacial score (nSPS) is 18.3. The lowest BCUT2D eigenvalue weighted by Crippen LogP contribution is -2.19. The van der Waals surface area contributed by atoms with Gasteiger partial charge in [-0.1, -0.05) is 18.2 Å². The molecule has 1 aromatic carbocycles. The van der Waals surface area contributed by atoms with Crippen molar-refractivity contribution in [3.63, 3.8) is 0 Å². The molecule has 0 saturated carbocycles. The average Bonchev–Trinajstić information content (AvgIpc) is 2.91. The van der Waals surface area contributed by atoms with E-state index < -0.39 is 6.43 Å². The van der Waals surface area contributed by atoms with Gasteiger partial charge in [-0.2, -0.15) is 0 Å². The number of thiazole rings is 1. The molecule has 2 aromatic rings. The van der Waals surface area contributed by atoms with Gasteiger partial charge in [0.15, 0.2) is 0 Å². The van der Waals surface area contributed by atoms with E-state index in [1.807, 2.05) is 13.1 Å². The lowest BCUT2D eigenvalue weighted by atomic mass is 9.98. The molecule has 3 rings (SSSR count). The quantitative estimate of drug-likeness (QED) is 0.910. The van der Waals surface area contributed by atoms with Crippen molar-refractivity contribution in [1.29, 1.82) is 0 Å². The van der Waals surface area contributed by atoms with E-state index in [9.17, 15) is 8.78 Å². The van der Waals surface area contributed by atoms with Crippen LogP contribution in [0.15, 0.2) is 24.3 Å². The van der Waals surface area contributed by atoms with Crippen molar-refractivity contribution in [2.75, 3.05) is 7.05 Å². The van der Waals surface area contributed by atoms with E-state index in [1.54, 1.807) is 23.5 Å². The Morgan fingerprint density at radius 3 is 3.00 bits per heavy atom. The van der Waals surface area contributed by atoms with Gasteiger partial charge in [0.2, 0.25) is 0 Å². The van der Waals surface area contributed by atoms with Crippen LogP contribution in [0.4, 0.5) is 8.78 Å². The average molecular weight is 294 g/mol. The lowest BCUT2D eigenvalue weighted by molar-refractivity contribution is 0.151. The number of aryl methyl sites for hydroxylation is 1. The highest BCUT2D eigenvalue weighted by atomic mass is 32.1. The second-order valence-electron chi connectivity index (χ2n) is 4.99. The van der Waals surface area contributed by atoms with E-state index >= 15 is 0 Å². The maximum Gasteiger partial charge on any atom is 0.263 e. The minimum Gasteiger partial charge on any atom is -0.312 e. The molecular formula is C15H16F2N2S. The fourth-order valence-corrected chi connectivity index (χ4v) is 3.88. The van der Waals surface area contributed by atoms with Gasteiger partial charge in [-0.3, -0.25) is 0 Å². The number of hydrogen-bond acceptors (Lipinski definition) is 3. The van der Waals surface area contributed by atoms with Crippen molar-refractivity contribution in [2.45, 2.75) is 31.7 Å². The van der Waals surface area contributed by atoms with E-state index in [2.05, 4.69) is 10.3 Å². The standard InChI is InChI=1S/C15H16F2N2S/c1-18-11-6-3-7-12-13(11)20-15(19-12)10-5-2-4-9(8-10)14(16)17/h2,4-5,8,11,14,18H,3,6-7H2,1H3. The third-order valence-electron chi connectivity index (χ3n) is 3.68. The van der Waals surface area contributed by atoms with E-state index in [0.29, 0.717) is 6.04 Å². The first-order chi connectivity index (χ1) is 9.69. The Morgan fingerprint density at radius 2 is 2.25 bits per heavy atom. The van der Waals surface area contributed by atoms with Gasteiger partial charge in [0, 0.05) is 22.0 Å². The predicted molar refractivity (Wildman–Crippen MR) is 77.2 cm³/mol. The number of nitrogens with one attached hydrogen (secondary N) is 1. The first-order valence-corrected chi connectivity index (χ1v) is 7.56. The highest BCUT2D eigenvalue weighted by Gasteiger charge is 2.23. The van der Waals surface area contributed by atoms with Gasteiger partial charge in [0.25, 0.3) is 6.43 Å². The Morgan fingerprint density at radius 1 is 1.40 bits per heavy atom. The molecule has 1 N–H and O–H groups in total. The largest absolute Gasteiger partial charge is 0.312 e. The molecule has 1 heterocycles. The molecule has 0 bridgehead atoms. The summed E-state index contributed by atoms with van der Waals surface area (Å²) in [5.41, 5.74) is 1.97. The highest BCUT2D eigenvalue weighted by molar-refractivity contribution is 7.15. The topological polar surface area (TPSA) is 24.9 Å².